The molecule has 0 bridgehead atoms. The molecule has 126 valence electrons. The normalized spacial score (nSPS) is 10.8. The molecule has 0 spiro atoms. The Morgan fingerprint density at radius 3 is 2.62 bits per heavy atom. The fourth-order valence-electron chi connectivity index (χ4n) is 1.93. The summed E-state index contributed by atoms with van der Waals surface area (Å²) in [6.07, 6.45) is 2.38. The molecule has 4 nitrogen and oxygen atoms in total. The SMILES string of the molecule is COc1cc(C=CC(=O)O)cc(Cl)c1OCc1ccc(F)cc1Cl. The van der Waals surface area contributed by atoms with E-state index in [9.17, 15) is 9.18 Å². The van der Waals surface area contributed by atoms with Crippen LogP contribution in [0.15, 0.2) is 36.4 Å². The molecule has 0 aliphatic heterocycles. The van der Waals surface area contributed by atoms with Gasteiger partial charge in [-0.15, -0.1) is 0 Å². The highest BCUT2D eigenvalue weighted by atomic mass is 35.5. The van der Waals surface area contributed by atoms with Gasteiger partial charge >= 0.3 is 5.97 Å². The number of aliphatic carboxylic acids is 1. The number of ether oxygens (including phenoxy) is 2. The monoisotopic (exact) mass is 370 g/mol. The van der Waals surface area contributed by atoms with Crippen LogP contribution < -0.4 is 9.47 Å². The second kappa shape index (κ2) is 8.04. The molecule has 2 aromatic carbocycles. The quantitative estimate of drug-likeness (QED) is 0.740. The molecular weight excluding hydrogens is 358 g/mol. The zero-order valence-electron chi connectivity index (χ0n) is 12.6. The molecule has 24 heavy (non-hydrogen) atoms. The summed E-state index contributed by atoms with van der Waals surface area (Å²) in [5, 5.41) is 9.16. The maximum atomic E-state index is 13.1. The number of carbonyl (C=O) groups is 1. The second-order valence-electron chi connectivity index (χ2n) is 4.73. The fraction of sp³-hybridized carbons (Fsp3) is 0.118. The Balaban J connectivity index is 2.24. The van der Waals surface area contributed by atoms with E-state index in [1.54, 1.807) is 12.1 Å². The molecule has 1 N–H and O–H groups in total. The number of hydrogen-bond donors (Lipinski definition) is 1. The molecule has 2 rings (SSSR count). The summed E-state index contributed by atoms with van der Waals surface area (Å²) in [7, 11) is 1.44. The molecule has 2 aromatic rings. The van der Waals surface area contributed by atoms with Gasteiger partial charge in [-0.25, -0.2) is 9.18 Å². The van der Waals surface area contributed by atoms with E-state index in [1.807, 2.05) is 0 Å². The zero-order chi connectivity index (χ0) is 17.7. The van der Waals surface area contributed by atoms with Crippen molar-refractivity contribution in [2.45, 2.75) is 6.61 Å². The van der Waals surface area contributed by atoms with Crippen LogP contribution >= 0.6 is 23.2 Å². The van der Waals surface area contributed by atoms with E-state index >= 15 is 0 Å². The third-order valence-corrected chi connectivity index (χ3v) is 3.69. The summed E-state index contributed by atoms with van der Waals surface area (Å²) in [5.74, 6) is -0.886. The second-order valence-corrected chi connectivity index (χ2v) is 5.54. The van der Waals surface area contributed by atoms with Gasteiger partial charge in [-0.2, -0.15) is 0 Å². The van der Waals surface area contributed by atoms with Crippen molar-refractivity contribution in [2.75, 3.05) is 7.11 Å². The maximum Gasteiger partial charge on any atom is 0.328 e. The van der Waals surface area contributed by atoms with Crippen LogP contribution in [0.1, 0.15) is 11.1 Å². The summed E-state index contributed by atoms with van der Waals surface area (Å²) >= 11 is 12.1. The Morgan fingerprint density at radius 1 is 1.25 bits per heavy atom. The van der Waals surface area contributed by atoms with Crippen LogP contribution in [0.4, 0.5) is 4.39 Å². The lowest BCUT2D eigenvalue weighted by Gasteiger charge is -2.14. The molecule has 0 aliphatic rings. The molecule has 0 aromatic heterocycles. The first-order chi connectivity index (χ1) is 11.4. The Hall–Kier alpha value is -2.24. The average Bonchev–Trinajstić information content (AvgIpc) is 2.52. The summed E-state index contributed by atoms with van der Waals surface area (Å²) in [6, 6.07) is 7.13. The van der Waals surface area contributed by atoms with E-state index in [0.717, 1.165) is 6.08 Å². The van der Waals surface area contributed by atoms with Crippen LogP contribution in [0.2, 0.25) is 10.0 Å². The number of methoxy groups -OCH3 is 1. The van der Waals surface area contributed by atoms with Gasteiger partial charge in [0.1, 0.15) is 12.4 Å². The number of carboxylic acid groups (broad SMARTS) is 1. The minimum absolute atomic E-state index is 0.0690. The van der Waals surface area contributed by atoms with Crippen LogP contribution in [-0.4, -0.2) is 18.2 Å². The van der Waals surface area contributed by atoms with Crippen LogP contribution in [0.25, 0.3) is 6.08 Å². The summed E-state index contributed by atoms with van der Waals surface area (Å²) < 4.78 is 23.9. The van der Waals surface area contributed by atoms with Crippen molar-refractivity contribution in [3.05, 3.63) is 63.4 Å². The Labute approximate surface area is 148 Å². The van der Waals surface area contributed by atoms with Gasteiger partial charge in [-0.1, -0.05) is 29.3 Å². The lowest BCUT2D eigenvalue weighted by Crippen LogP contribution is -2.00. The number of carboxylic acids is 1. The Morgan fingerprint density at radius 2 is 2.00 bits per heavy atom. The van der Waals surface area contributed by atoms with Crippen molar-refractivity contribution in [1.82, 2.24) is 0 Å². The van der Waals surface area contributed by atoms with Gasteiger partial charge in [0.05, 0.1) is 17.2 Å². The van der Waals surface area contributed by atoms with Gasteiger partial charge in [0.25, 0.3) is 0 Å². The predicted octanol–water partition coefficient (Wildman–Crippen LogP) is 4.82. The molecule has 0 aliphatic carbocycles. The first kappa shape index (κ1) is 18.1. The van der Waals surface area contributed by atoms with Crippen LogP contribution in [-0.2, 0) is 11.4 Å². The van der Waals surface area contributed by atoms with E-state index < -0.39 is 11.8 Å². The highest BCUT2D eigenvalue weighted by Gasteiger charge is 2.13. The minimum Gasteiger partial charge on any atom is -0.493 e. The third-order valence-electron chi connectivity index (χ3n) is 3.06. The smallest absolute Gasteiger partial charge is 0.328 e. The van der Waals surface area contributed by atoms with Gasteiger partial charge in [-0.05, 0) is 35.9 Å². The highest BCUT2D eigenvalue weighted by molar-refractivity contribution is 6.32. The van der Waals surface area contributed by atoms with Gasteiger partial charge in [0.2, 0.25) is 0 Å². The number of rotatable bonds is 6. The fourth-order valence-corrected chi connectivity index (χ4v) is 2.43. The largest absolute Gasteiger partial charge is 0.493 e. The van der Waals surface area contributed by atoms with Gasteiger partial charge in [-0.3, -0.25) is 0 Å². The molecule has 0 saturated carbocycles. The Kier molecular flexibility index (Phi) is 6.06. The standard InChI is InChI=1S/C17H13Cl2FO4/c1-23-15-7-10(2-5-16(21)22)6-14(19)17(15)24-9-11-3-4-12(20)8-13(11)18/h2-8H,9H2,1H3,(H,21,22). The van der Waals surface area contributed by atoms with E-state index in [-0.39, 0.29) is 22.4 Å². The average molecular weight is 371 g/mol. The van der Waals surface area contributed by atoms with E-state index in [4.69, 9.17) is 37.8 Å². The molecule has 0 heterocycles. The third kappa shape index (κ3) is 4.63. The van der Waals surface area contributed by atoms with Crippen molar-refractivity contribution >= 4 is 35.2 Å². The number of hydrogen-bond acceptors (Lipinski definition) is 3. The highest BCUT2D eigenvalue weighted by Crippen LogP contribution is 2.37. The van der Waals surface area contributed by atoms with Gasteiger partial charge in [0, 0.05) is 11.6 Å². The lowest BCUT2D eigenvalue weighted by atomic mass is 10.2. The van der Waals surface area contributed by atoms with Crippen LogP contribution in [0.3, 0.4) is 0 Å². The van der Waals surface area contributed by atoms with Crippen LogP contribution in [0, 0.1) is 5.82 Å². The summed E-state index contributed by atoms with van der Waals surface area (Å²) in [4.78, 5) is 10.6. The predicted molar refractivity (Wildman–Crippen MR) is 90.4 cm³/mol. The van der Waals surface area contributed by atoms with Gasteiger partial charge in [0.15, 0.2) is 11.5 Å². The topological polar surface area (TPSA) is 55.8 Å². The van der Waals surface area contributed by atoms with Gasteiger partial charge < -0.3 is 14.6 Å². The molecule has 0 fully saturated rings. The molecular formula is C17H13Cl2FO4. The van der Waals surface area contributed by atoms with Crippen molar-refractivity contribution in [3.8, 4) is 11.5 Å². The van der Waals surface area contributed by atoms with E-state index in [1.165, 1.54) is 31.4 Å². The Bertz CT molecular complexity index is 790. The molecule has 0 amide bonds. The summed E-state index contributed by atoms with van der Waals surface area (Å²) in [6.45, 7) is 0.0690. The van der Waals surface area contributed by atoms with Crippen molar-refractivity contribution in [2.24, 2.45) is 0 Å². The van der Waals surface area contributed by atoms with Crippen molar-refractivity contribution < 1.29 is 23.8 Å². The summed E-state index contributed by atoms with van der Waals surface area (Å²) in [5.41, 5.74) is 1.14. The molecule has 7 heteroatoms. The zero-order valence-corrected chi connectivity index (χ0v) is 14.1. The van der Waals surface area contributed by atoms with Crippen molar-refractivity contribution in [1.29, 1.82) is 0 Å². The maximum absolute atomic E-state index is 13.1. The molecule has 0 atom stereocenters. The minimum atomic E-state index is -1.07. The number of benzene rings is 2. The van der Waals surface area contributed by atoms with Crippen LogP contribution in [0.5, 0.6) is 11.5 Å². The number of halogens is 3. The molecule has 0 saturated heterocycles. The molecule has 0 radical (unpaired) electrons. The molecule has 0 unspecified atom stereocenters. The van der Waals surface area contributed by atoms with E-state index in [2.05, 4.69) is 0 Å². The first-order valence-corrected chi connectivity index (χ1v) is 7.51. The lowest BCUT2D eigenvalue weighted by molar-refractivity contribution is -0.131. The van der Waals surface area contributed by atoms with E-state index in [0.29, 0.717) is 16.9 Å². The van der Waals surface area contributed by atoms with Crippen molar-refractivity contribution in [3.63, 3.8) is 0 Å². The first-order valence-electron chi connectivity index (χ1n) is 6.76.